The van der Waals surface area contributed by atoms with Crippen LogP contribution in [0, 0.1) is 0 Å². The number of ether oxygens (including phenoxy) is 1. The molecular formula is C17H25N3O6S. The third-order valence-electron chi connectivity index (χ3n) is 4.06. The fraction of sp³-hybridized carbons (Fsp3) is 0.529. The van der Waals surface area contributed by atoms with Crippen LogP contribution in [0.5, 0.6) is 0 Å². The monoisotopic (exact) mass is 399 g/mol. The van der Waals surface area contributed by atoms with Crippen molar-refractivity contribution in [2.75, 3.05) is 19.7 Å². The van der Waals surface area contributed by atoms with E-state index in [1.165, 1.54) is 12.1 Å². The lowest BCUT2D eigenvalue weighted by atomic mass is 10.2. The molecule has 9 nitrogen and oxygen atoms in total. The number of sulfonamides is 1. The molecule has 1 saturated heterocycles. The van der Waals surface area contributed by atoms with Crippen molar-refractivity contribution in [1.29, 1.82) is 0 Å². The molecule has 4 N–H and O–H groups in total. The van der Waals surface area contributed by atoms with E-state index in [1.807, 2.05) is 0 Å². The number of benzene rings is 1. The van der Waals surface area contributed by atoms with Gasteiger partial charge in [0.1, 0.15) is 0 Å². The lowest BCUT2D eigenvalue weighted by Gasteiger charge is -2.12. The number of carbonyl (C=O) groups excluding carboxylic acids is 1. The highest BCUT2D eigenvalue weighted by Crippen LogP contribution is 2.14. The van der Waals surface area contributed by atoms with E-state index in [2.05, 4.69) is 15.4 Å². The van der Waals surface area contributed by atoms with E-state index in [0.29, 0.717) is 13.0 Å². The number of aliphatic carboxylic acids is 1. The van der Waals surface area contributed by atoms with Crippen LogP contribution in [0.1, 0.15) is 31.2 Å². The van der Waals surface area contributed by atoms with E-state index >= 15 is 0 Å². The summed E-state index contributed by atoms with van der Waals surface area (Å²) in [6, 6.07) is 5.82. The molecule has 150 valence electrons. The van der Waals surface area contributed by atoms with Crippen molar-refractivity contribution in [1.82, 2.24) is 15.4 Å². The minimum absolute atomic E-state index is 0.00285. The fourth-order valence-corrected chi connectivity index (χ4v) is 3.63. The van der Waals surface area contributed by atoms with Crippen LogP contribution in [0.3, 0.4) is 0 Å². The number of hydrogen-bond donors (Lipinski definition) is 4. The zero-order valence-corrected chi connectivity index (χ0v) is 15.8. The van der Waals surface area contributed by atoms with E-state index in [1.54, 1.807) is 12.1 Å². The molecule has 27 heavy (non-hydrogen) atoms. The van der Waals surface area contributed by atoms with Gasteiger partial charge in [-0.15, -0.1) is 0 Å². The van der Waals surface area contributed by atoms with Gasteiger partial charge in [-0.2, -0.15) is 0 Å². The summed E-state index contributed by atoms with van der Waals surface area (Å²) < 4.78 is 32.5. The van der Waals surface area contributed by atoms with Crippen molar-refractivity contribution in [3.63, 3.8) is 0 Å². The molecule has 1 aliphatic heterocycles. The molecule has 2 amide bonds. The second-order valence-corrected chi connectivity index (χ2v) is 8.00. The van der Waals surface area contributed by atoms with Crippen LogP contribution in [0.15, 0.2) is 29.2 Å². The lowest BCUT2D eigenvalue weighted by molar-refractivity contribution is -0.137. The predicted octanol–water partition coefficient (Wildman–Crippen LogP) is 0.808. The van der Waals surface area contributed by atoms with Crippen molar-refractivity contribution in [3.8, 4) is 0 Å². The first-order valence-electron chi connectivity index (χ1n) is 8.80. The smallest absolute Gasteiger partial charge is 0.315 e. The summed E-state index contributed by atoms with van der Waals surface area (Å²) in [6.07, 6.45) is 2.08. The van der Waals surface area contributed by atoms with Crippen molar-refractivity contribution in [2.45, 2.75) is 43.2 Å². The van der Waals surface area contributed by atoms with Crippen molar-refractivity contribution >= 4 is 22.0 Å². The highest BCUT2D eigenvalue weighted by molar-refractivity contribution is 7.89. The zero-order valence-electron chi connectivity index (χ0n) is 14.9. The van der Waals surface area contributed by atoms with E-state index in [4.69, 9.17) is 9.84 Å². The Morgan fingerprint density at radius 2 is 1.93 bits per heavy atom. The number of carboxylic acid groups (broad SMARTS) is 1. The second-order valence-electron chi connectivity index (χ2n) is 6.24. The number of rotatable bonds is 10. The number of amides is 2. The molecule has 0 aromatic heterocycles. The van der Waals surface area contributed by atoms with Crippen molar-refractivity contribution < 1.29 is 27.9 Å². The molecule has 0 radical (unpaired) electrons. The Hall–Kier alpha value is -2.17. The van der Waals surface area contributed by atoms with Crippen LogP contribution in [-0.4, -0.2) is 51.3 Å². The number of nitrogens with one attached hydrogen (secondary N) is 3. The average molecular weight is 399 g/mol. The number of urea groups is 1. The normalized spacial score (nSPS) is 16.8. The van der Waals surface area contributed by atoms with Crippen LogP contribution in [0.25, 0.3) is 0 Å². The summed E-state index contributed by atoms with van der Waals surface area (Å²) in [6.45, 7) is 1.43. The first-order chi connectivity index (χ1) is 12.9. The standard InChI is InChI=1S/C17H25N3O6S/c21-16(22)4-1-9-18-17(23)19-11-13-5-7-15(8-6-13)27(24,25)20-12-14-3-2-10-26-14/h5-8,14,20H,1-4,9-12H2,(H,21,22)(H2,18,19,23). The molecule has 0 saturated carbocycles. The Balaban J connectivity index is 1.75. The maximum atomic E-state index is 12.3. The lowest BCUT2D eigenvalue weighted by Crippen LogP contribution is -2.35. The molecule has 10 heteroatoms. The van der Waals surface area contributed by atoms with E-state index in [-0.39, 0.29) is 37.1 Å². The van der Waals surface area contributed by atoms with E-state index < -0.39 is 22.0 Å². The van der Waals surface area contributed by atoms with Gasteiger partial charge in [-0.25, -0.2) is 17.9 Å². The van der Waals surface area contributed by atoms with Gasteiger partial charge in [0.25, 0.3) is 0 Å². The van der Waals surface area contributed by atoms with Crippen LogP contribution in [0.4, 0.5) is 4.79 Å². The van der Waals surface area contributed by atoms with Crippen LogP contribution >= 0.6 is 0 Å². The molecule has 1 heterocycles. The topological polar surface area (TPSA) is 134 Å². The molecule has 0 spiro atoms. The van der Waals surface area contributed by atoms with Gasteiger partial charge < -0.3 is 20.5 Å². The molecule has 1 aliphatic rings. The molecule has 1 aromatic carbocycles. The van der Waals surface area contributed by atoms with Crippen molar-refractivity contribution in [3.05, 3.63) is 29.8 Å². The third-order valence-corrected chi connectivity index (χ3v) is 5.50. The van der Waals surface area contributed by atoms with Gasteiger partial charge in [0.2, 0.25) is 10.0 Å². The fourth-order valence-electron chi connectivity index (χ4n) is 2.56. The Morgan fingerprint density at radius 3 is 2.56 bits per heavy atom. The molecule has 1 fully saturated rings. The van der Waals surface area contributed by atoms with Gasteiger partial charge in [0, 0.05) is 32.7 Å². The minimum atomic E-state index is -3.60. The SMILES string of the molecule is O=C(O)CCCNC(=O)NCc1ccc(S(=O)(=O)NCC2CCCO2)cc1. The molecule has 0 bridgehead atoms. The molecule has 1 unspecified atom stereocenters. The summed E-state index contributed by atoms with van der Waals surface area (Å²) in [4.78, 5) is 22.1. The van der Waals surface area contributed by atoms with Gasteiger partial charge in [-0.1, -0.05) is 12.1 Å². The van der Waals surface area contributed by atoms with Gasteiger partial charge in [-0.05, 0) is 37.0 Å². The Bertz CT molecular complexity index is 730. The second kappa shape index (κ2) is 10.2. The first-order valence-corrected chi connectivity index (χ1v) is 10.3. The number of carboxylic acids is 1. The van der Waals surface area contributed by atoms with Crippen LogP contribution < -0.4 is 15.4 Å². The van der Waals surface area contributed by atoms with Gasteiger partial charge in [0.05, 0.1) is 11.0 Å². The zero-order chi connectivity index (χ0) is 19.7. The first kappa shape index (κ1) is 21.1. The number of hydrogen-bond acceptors (Lipinski definition) is 5. The highest BCUT2D eigenvalue weighted by Gasteiger charge is 2.20. The molecule has 2 rings (SSSR count). The number of carbonyl (C=O) groups is 2. The van der Waals surface area contributed by atoms with E-state index in [0.717, 1.165) is 18.4 Å². The highest BCUT2D eigenvalue weighted by atomic mass is 32.2. The Kier molecular flexibility index (Phi) is 8.01. The maximum absolute atomic E-state index is 12.3. The summed E-state index contributed by atoms with van der Waals surface area (Å²) in [5.41, 5.74) is 0.744. The summed E-state index contributed by atoms with van der Waals surface area (Å²) >= 11 is 0. The van der Waals surface area contributed by atoms with Crippen LogP contribution in [0.2, 0.25) is 0 Å². The Morgan fingerprint density at radius 1 is 1.19 bits per heavy atom. The van der Waals surface area contributed by atoms with Crippen LogP contribution in [-0.2, 0) is 26.1 Å². The average Bonchev–Trinajstić information content (AvgIpc) is 3.16. The molecule has 1 aromatic rings. The quantitative estimate of drug-likeness (QED) is 0.430. The molecule has 0 aliphatic carbocycles. The summed E-state index contributed by atoms with van der Waals surface area (Å²) in [5, 5.41) is 13.7. The van der Waals surface area contributed by atoms with E-state index in [9.17, 15) is 18.0 Å². The molecule has 1 atom stereocenters. The van der Waals surface area contributed by atoms with Gasteiger partial charge in [-0.3, -0.25) is 4.79 Å². The minimum Gasteiger partial charge on any atom is -0.481 e. The summed E-state index contributed by atoms with van der Waals surface area (Å²) in [7, 11) is -3.60. The van der Waals surface area contributed by atoms with Gasteiger partial charge in [0.15, 0.2) is 0 Å². The maximum Gasteiger partial charge on any atom is 0.315 e. The summed E-state index contributed by atoms with van der Waals surface area (Å²) in [5.74, 6) is -0.905. The van der Waals surface area contributed by atoms with Gasteiger partial charge >= 0.3 is 12.0 Å². The molecular weight excluding hydrogens is 374 g/mol. The third kappa shape index (κ3) is 7.53. The largest absolute Gasteiger partial charge is 0.481 e. The van der Waals surface area contributed by atoms with Crippen molar-refractivity contribution in [2.24, 2.45) is 0 Å². The predicted molar refractivity (Wildman–Crippen MR) is 97.7 cm³/mol. The Labute approximate surface area is 158 Å².